The molecule has 0 spiro atoms. The highest BCUT2D eigenvalue weighted by Crippen LogP contribution is 2.29. The van der Waals surface area contributed by atoms with Crippen molar-refractivity contribution in [2.24, 2.45) is 0 Å². The number of halogens is 2. The lowest BCUT2D eigenvalue weighted by Crippen LogP contribution is -2.55. The van der Waals surface area contributed by atoms with Crippen molar-refractivity contribution in [2.45, 2.75) is 24.0 Å². The third-order valence-electron chi connectivity index (χ3n) is 6.17. The lowest BCUT2D eigenvalue weighted by molar-refractivity contribution is -0.0742. The number of rotatable bonds is 6. The normalized spacial score (nSPS) is 24.2. The maximum Gasteiger partial charge on any atom is 0.146 e. The van der Waals surface area contributed by atoms with Gasteiger partial charge >= 0.3 is 0 Å². The van der Waals surface area contributed by atoms with Crippen LogP contribution in [-0.4, -0.2) is 78.9 Å². The molecule has 32 heavy (non-hydrogen) atoms. The Kier molecular flexibility index (Phi) is 7.22. The summed E-state index contributed by atoms with van der Waals surface area (Å²) in [5, 5.41) is 23.0. The first-order valence-electron chi connectivity index (χ1n) is 11.0. The molecule has 0 saturated carbocycles. The highest BCUT2D eigenvalue weighted by molar-refractivity contribution is 6.30. The number of anilines is 1. The van der Waals surface area contributed by atoms with Gasteiger partial charge in [-0.05, 0) is 49.2 Å². The minimum absolute atomic E-state index is 0.0740. The summed E-state index contributed by atoms with van der Waals surface area (Å²) in [6.45, 7) is 3.23. The fraction of sp³-hybridized carbons (Fsp3) is 0.500. The van der Waals surface area contributed by atoms with Gasteiger partial charge in [0.15, 0.2) is 0 Å². The van der Waals surface area contributed by atoms with Gasteiger partial charge in [-0.25, -0.2) is 4.39 Å². The molecule has 2 aliphatic heterocycles. The summed E-state index contributed by atoms with van der Waals surface area (Å²) in [6, 6.07) is 13.7. The Morgan fingerprint density at radius 2 is 1.72 bits per heavy atom. The van der Waals surface area contributed by atoms with Gasteiger partial charge < -0.3 is 24.6 Å². The Labute approximate surface area is 193 Å². The molecule has 2 aromatic rings. The van der Waals surface area contributed by atoms with E-state index in [0.29, 0.717) is 68.6 Å². The third-order valence-corrected chi connectivity index (χ3v) is 6.42. The molecular formula is C24H30ClFN2O4. The molecule has 0 amide bonds. The van der Waals surface area contributed by atoms with Crippen molar-refractivity contribution in [1.29, 1.82) is 0 Å². The van der Waals surface area contributed by atoms with Gasteiger partial charge in [0.25, 0.3) is 0 Å². The summed E-state index contributed by atoms with van der Waals surface area (Å²) in [5.41, 5.74) is -1.52. The van der Waals surface area contributed by atoms with Crippen LogP contribution in [0.3, 0.4) is 0 Å². The number of benzene rings is 2. The van der Waals surface area contributed by atoms with Crippen LogP contribution in [0.25, 0.3) is 0 Å². The Morgan fingerprint density at radius 3 is 2.44 bits per heavy atom. The van der Waals surface area contributed by atoms with Gasteiger partial charge in [0.1, 0.15) is 23.8 Å². The maximum atomic E-state index is 14.1. The molecule has 174 valence electrons. The van der Waals surface area contributed by atoms with E-state index in [-0.39, 0.29) is 19.0 Å². The Bertz CT molecular complexity index is 892. The van der Waals surface area contributed by atoms with Crippen molar-refractivity contribution in [2.75, 3.05) is 57.4 Å². The first-order chi connectivity index (χ1) is 15.3. The van der Waals surface area contributed by atoms with Gasteiger partial charge in [0.05, 0.1) is 24.5 Å². The van der Waals surface area contributed by atoms with Crippen molar-refractivity contribution >= 4 is 17.3 Å². The van der Waals surface area contributed by atoms with Crippen LogP contribution in [0.15, 0.2) is 48.5 Å². The quantitative estimate of drug-likeness (QED) is 0.685. The molecule has 0 aromatic heterocycles. The molecule has 0 bridgehead atoms. The second-order valence-electron chi connectivity index (χ2n) is 8.89. The smallest absolute Gasteiger partial charge is 0.146 e. The molecule has 4 rings (SSSR count). The molecule has 2 heterocycles. The zero-order valence-corrected chi connectivity index (χ0v) is 18.8. The van der Waals surface area contributed by atoms with E-state index >= 15 is 0 Å². The van der Waals surface area contributed by atoms with Gasteiger partial charge in [-0.2, -0.15) is 0 Å². The number of β-amino-alcohol motifs (C(OH)–C–C–N with tert-alkyl or cyclic N) is 2. The van der Waals surface area contributed by atoms with Crippen molar-refractivity contribution in [3.05, 3.63) is 59.4 Å². The van der Waals surface area contributed by atoms with Crippen molar-refractivity contribution < 1.29 is 24.1 Å². The lowest BCUT2D eigenvalue weighted by atomic mass is 9.90. The summed E-state index contributed by atoms with van der Waals surface area (Å²) in [4.78, 5) is 4.02. The topological polar surface area (TPSA) is 65.4 Å². The van der Waals surface area contributed by atoms with Gasteiger partial charge in [-0.3, -0.25) is 4.90 Å². The fourth-order valence-corrected chi connectivity index (χ4v) is 4.54. The molecule has 8 heteroatoms. The number of nitrogens with zero attached hydrogens (tertiary/aromatic N) is 2. The molecule has 2 aromatic carbocycles. The minimum atomic E-state index is -1.19. The lowest BCUT2D eigenvalue weighted by Gasteiger charge is -2.42. The maximum absolute atomic E-state index is 14.1. The number of piperidine rings is 1. The van der Waals surface area contributed by atoms with E-state index in [4.69, 9.17) is 21.1 Å². The number of ether oxygens (including phenoxy) is 2. The minimum Gasteiger partial charge on any atom is -0.490 e. The van der Waals surface area contributed by atoms with E-state index in [9.17, 15) is 14.6 Å². The summed E-state index contributed by atoms with van der Waals surface area (Å²) in [6.07, 6.45) is 1.05. The molecular weight excluding hydrogens is 435 g/mol. The van der Waals surface area contributed by atoms with Crippen LogP contribution in [0.2, 0.25) is 5.02 Å². The molecule has 1 atom stereocenters. The van der Waals surface area contributed by atoms with Crippen molar-refractivity contribution in [1.82, 2.24) is 4.90 Å². The van der Waals surface area contributed by atoms with Gasteiger partial charge in [0.2, 0.25) is 0 Å². The Morgan fingerprint density at radius 1 is 1.00 bits per heavy atom. The fourth-order valence-electron chi connectivity index (χ4n) is 4.41. The molecule has 2 aliphatic rings. The highest BCUT2D eigenvalue weighted by atomic mass is 35.5. The third kappa shape index (κ3) is 5.91. The van der Waals surface area contributed by atoms with Crippen molar-refractivity contribution in [3.63, 3.8) is 0 Å². The Hall–Kier alpha value is -1.90. The number of hydrogen-bond acceptors (Lipinski definition) is 6. The predicted molar refractivity (Wildman–Crippen MR) is 122 cm³/mol. The summed E-state index contributed by atoms with van der Waals surface area (Å²) in [5.74, 6) is 0.381. The van der Waals surface area contributed by atoms with E-state index in [1.165, 1.54) is 6.07 Å². The number of hydrogen-bond donors (Lipinski definition) is 2. The predicted octanol–water partition coefficient (Wildman–Crippen LogP) is 2.95. The molecule has 0 unspecified atom stereocenters. The highest BCUT2D eigenvalue weighted by Gasteiger charge is 2.39. The summed E-state index contributed by atoms with van der Waals surface area (Å²) in [7, 11) is 0. The molecule has 0 radical (unpaired) electrons. The van der Waals surface area contributed by atoms with E-state index in [2.05, 4.69) is 0 Å². The van der Waals surface area contributed by atoms with Crippen LogP contribution in [0.5, 0.6) is 5.75 Å². The SMILES string of the molecule is OC1(CN2CCOC[C@](O)(COc3ccc(Cl)cc3)C2)CCN(c2ccccc2F)CC1. The van der Waals surface area contributed by atoms with Crippen molar-refractivity contribution in [3.8, 4) is 5.75 Å². The van der Waals surface area contributed by atoms with Gasteiger partial charge in [-0.15, -0.1) is 0 Å². The van der Waals surface area contributed by atoms with E-state index < -0.39 is 11.2 Å². The zero-order chi connectivity index (χ0) is 22.6. The van der Waals surface area contributed by atoms with Crippen LogP contribution < -0.4 is 9.64 Å². The summed E-state index contributed by atoms with van der Waals surface area (Å²) >= 11 is 5.91. The van der Waals surface area contributed by atoms with Crippen LogP contribution in [0.4, 0.5) is 10.1 Å². The average molecular weight is 465 g/mol. The number of aliphatic hydroxyl groups is 2. The van der Waals surface area contributed by atoms with Gasteiger partial charge in [0, 0.05) is 37.7 Å². The molecule has 2 fully saturated rings. The summed E-state index contributed by atoms with van der Waals surface area (Å²) < 4.78 is 25.5. The molecule has 2 N–H and O–H groups in total. The van der Waals surface area contributed by atoms with E-state index in [1.807, 2.05) is 15.9 Å². The zero-order valence-electron chi connectivity index (χ0n) is 18.1. The molecule has 2 saturated heterocycles. The van der Waals surface area contributed by atoms with Crippen LogP contribution in [-0.2, 0) is 4.74 Å². The van der Waals surface area contributed by atoms with Crippen LogP contribution in [0.1, 0.15) is 12.8 Å². The van der Waals surface area contributed by atoms with Crippen LogP contribution in [0, 0.1) is 5.82 Å². The molecule has 0 aliphatic carbocycles. The second kappa shape index (κ2) is 9.93. The second-order valence-corrected chi connectivity index (χ2v) is 9.33. The Balaban J connectivity index is 1.33. The monoisotopic (exact) mass is 464 g/mol. The van der Waals surface area contributed by atoms with Gasteiger partial charge in [-0.1, -0.05) is 23.7 Å². The van der Waals surface area contributed by atoms with E-state index in [0.717, 1.165) is 0 Å². The van der Waals surface area contributed by atoms with Crippen LogP contribution >= 0.6 is 11.6 Å². The largest absolute Gasteiger partial charge is 0.490 e. The first-order valence-corrected chi connectivity index (χ1v) is 11.3. The van der Waals surface area contributed by atoms with E-state index in [1.54, 1.807) is 36.4 Å². The number of para-hydroxylation sites is 1. The molecule has 6 nitrogen and oxygen atoms in total. The average Bonchev–Trinajstić information content (AvgIpc) is 2.95. The standard InChI is InChI=1S/C24H30ClFN2O4/c25-19-5-7-20(8-6-19)32-18-24(30)16-27(13-14-31-17-24)15-23(29)9-11-28(12-10-23)22-4-2-1-3-21(22)26/h1-8,29-30H,9-18H2/t24-/m0/s1. The first kappa shape index (κ1) is 23.3.